The lowest BCUT2D eigenvalue weighted by Crippen LogP contribution is -2.55. The molecule has 41 heavy (non-hydrogen) atoms. The molecule has 2 unspecified atom stereocenters. The number of carbonyl (C=O) groups is 3. The van der Waals surface area contributed by atoms with Gasteiger partial charge in [0.25, 0.3) is 5.91 Å². The number of amides is 3. The number of piperazine rings is 1. The van der Waals surface area contributed by atoms with E-state index < -0.39 is 12.3 Å². The third-order valence-electron chi connectivity index (χ3n) is 9.16. The zero-order valence-electron chi connectivity index (χ0n) is 23.6. The molecule has 3 amide bonds. The van der Waals surface area contributed by atoms with Gasteiger partial charge in [0, 0.05) is 56.2 Å². The van der Waals surface area contributed by atoms with Gasteiger partial charge in [0.15, 0.2) is 0 Å². The van der Waals surface area contributed by atoms with Crippen LogP contribution in [-0.2, 0) is 29.3 Å². The highest BCUT2D eigenvalue weighted by Crippen LogP contribution is 2.34. The minimum Gasteiger partial charge on any atom is -0.489 e. The lowest BCUT2D eigenvalue weighted by atomic mass is 9.88. The number of piperidine rings is 1. The predicted octanol–water partition coefficient (Wildman–Crippen LogP) is 3.04. The minimum absolute atomic E-state index is 0.144. The van der Waals surface area contributed by atoms with Gasteiger partial charge in [-0.15, -0.1) is 0 Å². The van der Waals surface area contributed by atoms with Crippen molar-refractivity contribution in [2.75, 3.05) is 26.2 Å². The number of hydrogen-bond donors (Lipinski definition) is 2. The Hall–Kier alpha value is -3.43. The first-order valence-corrected chi connectivity index (χ1v) is 15.1. The van der Waals surface area contributed by atoms with Crippen LogP contribution in [0.15, 0.2) is 42.5 Å². The number of aliphatic hydroxyl groups excluding tert-OH is 1. The second-order valence-corrected chi connectivity index (χ2v) is 11.9. The first-order valence-electron chi connectivity index (χ1n) is 15.1. The Balaban J connectivity index is 1.00. The van der Waals surface area contributed by atoms with Crippen LogP contribution in [0.4, 0.5) is 0 Å². The van der Waals surface area contributed by atoms with Crippen LogP contribution in [-0.4, -0.2) is 76.0 Å². The highest BCUT2D eigenvalue weighted by molar-refractivity contribution is 5.99. The highest BCUT2D eigenvalue weighted by Gasteiger charge is 2.40. The molecule has 2 aromatic rings. The molecule has 0 radical (unpaired) electrons. The average Bonchev–Trinajstić information content (AvgIpc) is 3.34. The van der Waals surface area contributed by atoms with E-state index in [-0.39, 0.29) is 24.2 Å². The molecule has 0 bridgehead atoms. The van der Waals surface area contributed by atoms with Crippen molar-refractivity contribution in [3.8, 4) is 5.75 Å². The van der Waals surface area contributed by atoms with Gasteiger partial charge in [-0.3, -0.25) is 19.3 Å². The van der Waals surface area contributed by atoms with E-state index in [0.29, 0.717) is 36.8 Å². The third kappa shape index (κ3) is 6.11. The summed E-state index contributed by atoms with van der Waals surface area (Å²) in [6, 6.07) is 13.5. The number of aliphatic hydroxyl groups is 1. The van der Waals surface area contributed by atoms with Gasteiger partial charge in [0.05, 0.1) is 12.6 Å². The molecule has 3 fully saturated rings. The molecular formula is C32H40N4O5. The molecule has 3 aliphatic heterocycles. The Kier molecular flexibility index (Phi) is 8.25. The van der Waals surface area contributed by atoms with Crippen LogP contribution in [0, 0.1) is 5.92 Å². The highest BCUT2D eigenvalue weighted by atomic mass is 16.5. The van der Waals surface area contributed by atoms with Crippen molar-refractivity contribution in [2.24, 2.45) is 5.92 Å². The maximum absolute atomic E-state index is 13.1. The van der Waals surface area contributed by atoms with Gasteiger partial charge in [-0.25, -0.2) is 0 Å². The number of carbonyl (C=O) groups excluding carboxylic acids is 3. The Morgan fingerprint density at radius 1 is 0.927 bits per heavy atom. The van der Waals surface area contributed by atoms with Gasteiger partial charge < -0.3 is 25.0 Å². The van der Waals surface area contributed by atoms with Gasteiger partial charge in [0.1, 0.15) is 18.6 Å². The zero-order valence-corrected chi connectivity index (χ0v) is 23.6. The van der Waals surface area contributed by atoms with Crippen molar-refractivity contribution in [1.29, 1.82) is 0 Å². The number of hydrogen-bond acceptors (Lipinski definition) is 6. The molecule has 1 aliphatic carbocycles. The van der Waals surface area contributed by atoms with E-state index in [1.807, 2.05) is 12.1 Å². The molecule has 218 valence electrons. The van der Waals surface area contributed by atoms with E-state index in [1.165, 1.54) is 24.8 Å². The van der Waals surface area contributed by atoms with Crippen LogP contribution in [0.1, 0.15) is 72.0 Å². The van der Waals surface area contributed by atoms with Crippen LogP contribution in [0.3, 0.4) is 0 Å². The molecule has 3 heterocycles. The van der Waals surface area contributed by atoms with E-state index in [0.717, 1.165) is 56.7 Å². The molecule has 6 rings (SSSR count). The molecule has 2 atom stereocenters. The molecule has 9 nitrogen and oxygen atoms in total. The van der Waals surface area contributed by atoms with E-state index in [9.17, 15) is 19.5 Å². The average molecular weight is 561 g/mol. The maximum Gasteiger partial charge on any atom is 0.255 e. The van der Waals surface area contributed by atoms with Gasteiger partial charge in [-0.05, 0) is 42.5 Å². The fourth-order valence-electron chi connectivity index (χ4n) is 6.72. The molecular weight excluding hydrogens is 520 g/mol. The molecule has 2 aromatic carbocycles. The van der Waals surface area contributed by atoms with E-state index in [1.54, 1.807) is 11.0 Å². The number of benzene rings is 2. The van der Waals surface area contributed by atoms with Crippen molar-refractivity contribution in [1.82, 2.24) is 20.0 Å². The summed E-state index contributed by atoms with van der Waals surface area (Å²) in [6.07, 6.45) is 5.43. The number of ether oxygens (including phenoxy) is 1. The van der Waals surface area contributed by atoms with Gasteiger partial charge in [-0.2, -0.15) is 0 Å². The van der Waals surface area contributed by atoms with Crippen molar-refractivity contribution in [3.05, 3.63) is 64.7 Å². The summed E-state index contributed by atoms with van der Waals surface area (Å²) in [5.74, 6) is 0.939. The monoisotopic (exact) mass is 560 g/mol. The zero-order chi connectivity index (χ0) is 28.3. The van der Waals surface area contributed by atoms with Crippen molar-refractivity contribution < 1.29 is 24.2 Å². The van der Waals surface area contributed by atoms with Crippen LogP contribution in [0.25, 0.3) is 0 Å². The van der Waals surface area contributed by atoms with Gasteiger partial charge in [-0.1, -0.05) is 49.6 Å². The molecule has 0 spiro atoms. The first kappa shape index (κ1) is 27.7. The summed E-state index contributed by atoms with van der Waals surface area (Å²) in [5, 5.41) is 12.9. The summed E-state index contributed by atoms with van der Waals surface area (Å²) < 4.78 is 6.18. The smallest absolute Gasteiger partial charge is 0.255 e. The maximum atomic E-state index is 13.1. The second-order valence-electron chi connectivity index (χ2n) is 11.9. The predicted molar refractivity (Wildman–Crippen MR) is 153 cm³/mol. The van der Waals surface area contributed by atoms with Crippen LogP contribution >= 0.6 is 0 Å². The molecule has 0 aromatic heterocycles. The Morgan fingerprint density at radius 2 is 1.66 bits per heavy atom. The van der Waals surface area contributed by atoms with E-state index in [2.05, 4.69) is 39.4 Å². The molecule has 2 saturated heterocycles. The molecule has 2 N–H and O–H groups in total. The number of rotatable bonds is 7. The Bertz CT molecular complexity index is 1270. The Morgan fingerprint density at radius 3 is 2.39 bits per heavy atom. The number of nitrogens with one attached hydrogen (secondary N) is 1. The quantitative estimate of drug-likeness (QED) is 0.540. The molecule has 9 heteroatoms. The fourth-order valence-corrected chi connectivity index (χ4v) is 6.72. The third-order valence-corrected chi connectivity index (χ3v) is 9.16. The summed E-state index contributed by atoms with van der Waals surface area (Å²) in [4.78, 5) is 43.7. The van der Waals surface area contributed by atoms with E-state index >= 15 is 0 Å². The number of fused-ring (bicyclic) bond motifs is 1. The van der Waals surface area contributed by atoms with Crippen molar-refractivity contribution in [2.45, 2.75) is 76.9 Å². The lowest BCUT2D eigenvalue weighted by Gasteiger charge is -2.37. The van der Waals surface area contributed by atoms with Crippen molar-refractivity contribution in [3.63, 3.8) is 0 Å². The normalized spacial score (nSPS) is 23.8. The minimum atomic E-state index is -1.06. The van der Waals surface area contributed by atoms with Crippen LogP contribution in [0.5, 0.6) is 5.75 Å². The van der Waals surface area contributed by atoms with Gasteiger partial charge >= 0.3 is 0 Å². The lowest BCUT2D eigenvalue weighted by molar-refractivity contribution is -0.138. The first-order chi connectivity index (χ1) is 20.0. The largest absolute Gasteiger partial charge is 0.489 e. The second kappa shape index (κ2) is 12.2. The van der Waals surface area contributed by atoms with E-state index in [4.69, 9.17) is 4.74 Å². The summed E-state index contributed by atoms with van der Waals surface area (Å²) in [5.41, 5.74) is 3.68. The number of nitrogens with zero attached hydrogens (tertiary/aromatic N) is 3. The Labute approximate surface area is 241 Å². The summed E-state index contributed by atoms with van der Waals surface area (Å²) in [6.45, 7) is 5.04. The fraction of sp³-hybridized carbons (Fsp3) is 0.531. The summed E-state index contributed by atoms with van der Waals surface area (Å²) >= 11 is 0. The SMILES string of the molecule is O=C1CCC(N2Cc3c(OCc4ccc(CN5CCN(C(=O)C6CCCCC6)CC5)cc4)cccc3C2=O)C(O)N1. The van der Waals surface area contributed by atoms with Crippen LogP contribution in [0.2, 0.25) is 0 Å². The molecule has 4 aliphatic rings. The van der Waals surface area contributed by atoms with Crippen molar-refractivity contribution >= 4 is 17.7 Å². The topological polar surface area (TPSA) is 102 Å². The van der Waals surface area contributed by atoms with Gasteiger partial charge in [0.2, 0.25) is 11.8 Å². The summed E-state index contributed by atoms with van der Waals surface area (Å²) in [7, 11) is 0. The van der Waals surface area contributed by atoms with Crippen LogP contribution < -0.4 is 10.1 Å². The molecule has 1 saturated carbocycles. The standard InChI is InChI=1S/C32H40N4O5/c37-29-14-13-27(30(38)33-29)36-20-26-25(32(36)40)7-4-8-28(26)41-21-23-11-9-22(10-12-23)19-34-15-17-35(18-16-34)31(39)24-5-2-1-3-6-24/h4,7-12,24,27,30,38H,1-3,5-6,13-21H2,(H,33,37).